The fraction of sp³-hybridized carbons (Fsp3) is 0.263. The van der Waals surface area contributed by atoms with Crippen molar-refractivity contribution in [1.29, 1.82) is 0 Å². The van der Waals surface area contributed by atoms with Crippen molar-refractivity contribution in [3.05, 3.63) is 59.4 Å². The van der Waals surface area contributed by atoms with Crippen molar-refractivity contribution in [2.45, 2.75) is 18.5 Å². The van der Waals surface area contributed by atoms with E-state index in [2.05, 4.69) is 21.4 Å². The number of amides is 1. The van der Waals surface area contributed by atoms with Crippen LogP contribution in [0.2, 0.25) is 0 Å². The molecule has 0 saturated carbocycles. The molecule has 0 radical (unpaired) electrons. The van der Waals surface area contributed by atoms with Crippen molar-refractivity contribution in [2.75, 3.05) is 14.2 Å². The van der Waals surface area contributed by atoms with E-state index in [1.165, 1.54) is 18.3 Å². The second-order valence-corrected chi connectivity index (χ2v) is 6.02. The Bertz CT molecular complexity index is 826. The molecular weight excluding hydrogens is 351 g/mol. The fourth-order valence-corrected chi connectivity index (χ4v) is 2.83. The number of carbonyl (C=O) groups excluding carboxylic acids is 1. The minimum Gasteiger partial charge on any atom is -0.497 e. The van der Waals surface area contributed by atoms with Crippen LogP contribution in [0, 0.1) is 5.82 Å². The Kier molecular flexibility index (Phi) is 6.00. The SMILES string of the molecule is COc1ccc(OC)c(/C=N/NC(=O)C2CC(c3ccc(F)cc3)NN2)c1. The molecule has 2 atom stereocenters. The van der Waals surface area contributed by atoms with Crippen molar-refractivity contribution in [3.63, 3.8) is 0 Å². The molecule has 7 nitrogen and oxygen atoms in total. The average molecular weight is 372 g/mol. The molecule has 0 spiro atoms. The van der Waals surface area contributed by atoms with Gasteiger partial charge in [-0.1, -0.05) is 12.1 Å². The molecule has 8 heteroatoms. The van der Waals surface area contributed by atoms with Crippen LogP contribution in [0.1, 0.15) is 23.6 Å². The summed E-state index contributed by atoms with van der Waals surface area (Å²) in [6.45, 7) is 0. The normalized spacial score (nSPS) is 19.2. The van der Waals surface area contributed by atoms with E-state index in [4.69, 9.17) is 9.47 Å². The van der Waals surface area contributed by atoms with Crippen LogP contribution < -0.4 is 25.8 Å². The summed E-state index contributed by atoms with van der Waals surface area (Å²) in [5, 5.41) is 4.00. The molecular formula is C19H21FN4O3. The second kappa shape index (κ2) is 8.61. The molecule has 1 aliphatic rings. The van der Waals surface area contributed by atoms with Crippen LogP contribution in [0.15, 0.2) is 47.6 Å². The Morgan fingerprint density at radius 3 is 2.67 bits per heavy atom. The third-order valence-electron chi connectivity index (χ3n) is 4.31. The van der Waals surface area contributed by atoms with Crippen molar-refractivity contribution in [3.8, 4) is 11.5 Å². The Morgan fingerprint density at radius 2 is 1.96 bits per heavy atom. The van der Waals surface area contributed by atoms with Gasteiger partial charge in [-0.3, -0.25) is 4.79 Å². The third-order valence-corrected chi connectivity index (χ3v) is 4.31. The first-order valence-corrected chi connectivity index (χ1v) is 8.42. The monoisotopic (exact) mass is 372 g/mol. The topological polar surface area (TPSA) is 84.0 Å². The Labute approximate surface area is 156 Å². The molecule has 3 rings (SSSR count). The number of hydrogen-bond acceptors (Lipinski definition) is 6. The largest absolute Gasteiger partial charge is 0.497 e. The zero-order valence-electron chi connectivity index (χ0n) is 15.0. The number of rotatable bonds is 6. The minimum absolute atomic E-state index is 0.0798. The zero-order valence-corrected chi connectivity index (χ0v) is 15.0. The van der Waals surface area contributed by atoms with Gasteiger partial charge in [-0.05, 0) is 42.3 Å². The molecule has 1 aliphatic heterocycles. The number of halogens is 1. The molecule has 0 bridgehead atoms. The number of methoxy groups -OCH3 is 2. The highest BCUT2D eigenvalue weighted by atomic mass is 19.1. The summed E-state index contributed by atoms with van der Waals surface area (Å²) in [6, 6.07) is 11.0. The maximum absolute atomic E-state index is 13.0. The molecule has 2 unspecified atom stereocenters. The zero-order chi connectivity index (χ0) is 19.2. The van der Waals surface area contributed by atoms with Crippen LogP contribution in [0.5, 0.6) is 11.5 Å². The summed E-state index contributed by atoms with van der Waals surface area (Å²) in [5.74, 6) is 0.713. The number of nitrogens with zero attached hydrogens (tertiary/aromatic N) is 1. The molecule has 0 aliphatic carbocycles. The van der Waals surface area contributed by atoms with Gasteiger partial charge in [0, 0.05) is 11.6 Å². The highest BCUT2D eigenvalue weighted by Gasteiger charge is 2.30. The van der Waals surface area contributed by atoms with E-state index >= 15 is 0 Å². The van der Waals surface area contributed by atoms with Gasteiger partial charge in [-0.25, -0.2) is 20.7 Å². The number of carbonyl (C=O) groups is 1. The van der Waals surface area contributed by atoms with Gasteiger partial charge in [-0.15, -0.1) is 0 Å². The molecule has 1 heterocycles. The predicted molar refractivity (Wildman–Crippen MR) is 99.1 cm³/mol. The molecule has 2 aromatic rings. The fourth-order valence-electron chi connectivity index (χ4n) is 2.83. The minimum atomic E-state index is -0.454. The summed E-state index contributed by atoms with van der Waals surface area (Å²) in [4.78, 5) is 12.3. The summed E-state index contributed by atoms with van der Waals surface area (Å²) in [5.41, 5.74) is 10.1. The van der Waals surface area contributed by atoms with Gasteiger partial charge >= 0.3 is 0 Å². The molecule has 0 aromatic heterocycles. The molecule has 27 heavy (non-hydrogen) atoms. The Hall–Kier alpha value is -2.97. The van der Waals surface area contributed by atoms with Crippen molar-refractivity contribution < 1.29 is 18.7 Å². The van der Waals surface area contributed by atoms with E-state index < -0.39 is 6.04 Å². The van der Waals surface area contributed by atoms with Gasteiger partial charge in [0.25, 0.3) is 5.91 Å². The van der Waals surface area contributed by atoms with Crippen LogP contribution >= 0.6 is 0 Å². The smallest absolute Gasteiger partial charge is 0.258 e. The maximum Gasteiger partial charge on any atom is 0.258 e. The average Bonchev–Trinajstić information content (AvgIpc) is 3.18. The quantitative estimate of drug-likeness (QED) is 0.533. The highest BCUT2D eigenvalue weighted by molar-refractivity contribution is 5.87. The van der Waals surface area contributed by atoms with Gasteiger partial charge in [0.2, 0.25) is 0 Å². The number of hydrazone groups is 1. The summed E-state index contributed by atoms with van der Waals surface area (Å²) < 4.78 is 23.5. The number of hydrazine groups is 1. The van der Waals surface area contributed by atoms with Crippen molar-refractivity contribution >= 4 is 12.1 Å². The molecule has 142 valence electrons. The molecule has 2 aromatic carbocycles. The van der Waals surface area contributed by atoms with Gasteiger partial charge in [-0.2, -0.15) is 5.10 Å². The standard InChI is InChI=1S/C19H21FN4O3/c1-26-15-7-8-18(27-2)13(9-15)11-21-24-19(25)17-10-16(22-23-17)12-3-5-14(20)6-4-12/h3-9,11,16-17,22-23H,10H2,1-2H3,(H,24,25)/b21-11+. The van der Waals surface area contributed by atoms with Crippen LogP contribution in [0.25, 0.3) is 0 Å². The number of hydrogen-bond donors (Lipinski definition) is 3. The first-order chi connectivity index (χ1) is 13.1. The molecule has 1 amide bonds. The maximum atomic E-state index is 13.0. The van der Waals surface area contributed by atoms with Gasteiger partial charge in [0.1, 0.15) is 23.4 Å². The first kappa shape index (κ1) is 18.8. The van der Waals surface area contributed by atoms with Crippen molar-refractivity contribution in [1.82, 2.24) is 16.3 Å². The number of ether oxygens (including phenoxy) is 2. The number of nitrogens with one attached hydrogen (secondary N) is 3. The lowest BCUT2D eigenvalue weighted by Crippen LogP contribution is -2.41. The van der Waals surface area contributed by atoms with E-state index in [-0.39, 0.29) is 17.8 Å². The van der Waals surface area contributed by atoms with Gasteiger partial charge in [0.05, 0.1) is 20.4 Å². The molecule has 1 saturated heterocycles. The third kappa shape index (κ3) is 4.60. The predicted octanol–water partition coefficient (Wildman–Crippen LogP) is 1.90. The lowest BCUT2D eigenvalue weighted by molar-refractivity contribution is -0.122. The van der Waals surface area contributed by atoms with Crippen LogP contribution in [-0.4, -0.2) is 32.4 Å². The van der Waals surface area contributed by atoms with E-state index in [9.17, 15) is 9.18 Å². The number of benzene rings is 2. The van der Waals surface area contributed by atoms with Crippen molar-refractivity contribution in [2.24, 2.45) is 5.10 Å². The Morgan fingerprint density at radius 1 is 1.19 bits per heavy atom. The van der Waals surface area contributed by atoms with E-state index in [0.717, 1.165) is 5.56 Å². The molecule has 3 N–H and O–H groups in total. The van der Waals surface area contributed by atoms with E-state index in [1.54, 1.807) is 44.6 Å². The molecule has 1 fully saturated rings. The highest BCUT2D eigenvalue weighted by Crippen LogP contribution is 2.23. The Balaban J connectivity index is 1.58. The van der Waals surface area contributed by atoms with Gasteiger partial charge < -0.3 is 9.47 Å². The second-order valence-electron chi connectivity index (χ2n) is 6.02. The summed E-state index contributed by atoms with van der Waals surface area (Å²) in [7, 11) is 3.13. The van der Waals surface area contributed by atoms with Crippen LogP contribution in [0.3, 0.4) is 0 Å². The van der Waals surface area contributed by atoms with Crippen LogP contribution in [0.4, 0.5) is 4.39 Å². The summed E-state index contributed by atoms with van der Waals surface area (Å²) >= 11 is 0. The van der Waals surface area contributed by atoms with Gasteiger partial charge in [0.15, 0.2) is 0 Å². The van der Waals surface area contributed by atoms with E-state index in [0.29, 0.717) is 23.5 Å². The van der Waals surface area contributed by atoms with E-state index in [1.807, 2.05) is 0 Å². The lowest BCUT2D eigenvalue weighted by atomic mass is 10.0. The first-order valence-electron chi connectivity index (χ1n) is 8.42. The lowest BCUT2D eigenvalue weighted by Gasteiger charge is -2.09. The van der Waals surface area contributed by atoms with Crippen LogP contribution in [-0.2, 0) is 4.79 Å². The summed E-state index contributed by atoms with van der Waals surface area (Å²) in [6.07, 6.45) is 2.02.